The normalized spacial score (nSPS) is 18.3. The van der Waals surface area contributed by atoms with Gasteiger partial charge in [-0.3, -0.25) is 4.79 Å². The van der Waals surface area contributed by atoms with E-state index in [1.165, 1.54) is 23.3 Å². The van der Waals surface area contributed by atoms with Crippen LogP contribution in [0.5, 0.6) is 0 Å². The van der Waals surface area contributed by atoms with Crippen LogP contribution in [0.25, 0.3) is 0 Å². The van der Waals surface area contributed by atoms with Crippen molar-refractivity contribution in [3.05, 3.63) is 65.2 Å². The zero-order valence-electron chi connectivity index (χ0n) is 13.9. The average Bonchev–Trinajstić information content (AvgIpc) is 2.60. The number of quaternary nitrogens is 1. The first-order valence-electron chi connectivity index (χ1n) is 8.24. The van der Waals surface area contributed by atoms with Gasteiger partial charge in [0.25, 0.3) is 5.91 Å². The molecular weight excluding hydrogens is 329 g/mol. The van der Waals surface area contributed by atoms with E-state index in [2.05, 4.69) is 17.4 Å². The largest absolute Gasteiger partial charge is 0.416 e. The fourth-order valence-corrected chi connectivity index (χ4v) is 3.15. The van der Waals surface area contributed by atoms with E-state index < -0.39 is 11.7 Å². The summed E-state index contributed by atoms with van der Waals surface area (Å²) in [5.41, 5.74) is 2.22. The highest BCUT2D eigenvalue weighted by molar-refractivity contribution is 5.93. The van der Waals surface area contributed by atoms with Crippen molar-refractivity contribution < 1.29 is 22.9 Å². The number of hydrogen-bond donors (Lipinski definition) is 2. The van der Waals surface area contributed by atoms with Gasteiger partial charge in [0, 0.05) is 17.7 Å². The number of fused-ring (bicyclic) bond motifs is 1. The number of halogens is 3. The Kier molecular flexibility index (Phi) is 4.81. The third-order valence-electron chi connectivity index (χ3n) is 4.74. The molecule has 132 valence electrons. The van der Waals surface area contributed by atoms with E-state index in [0.717, 1.165) is 36.5 Å². The van der Waals surface area contributed by atoms with E-state index in [0.29, 0.717) is 5.69 Å². The second kappa shape index (κ2) is 6.88. The lowest BCUT2D eigenvalue weighted by Gasteiger charge is -2.30. The minimum Gasteiger partial charge on any atom is -0.321 e. The maximum atomic E-state index is 12.6. The first-order valence-corrected chi connectivity index (χ1v) is 8.24. The van der Waals surface area contributed by atoms with Crippen LogP contribution in [0, 0.1) is 0 Å². The zero-order chi connectivity index (χ0) is 18.0. The van der Waals surface area contributed by atoms with Gasteiger partial charge in [0.1, 0.15) is 6.54 Å². The molecule has 2 aromatic carbocycles. The highest BCUT2D eigenvalue weighted by Gasteiger charge is 2.31. The van der Waals surface area contributed by atoms with Crippen LogP contribution >= 0.6 is 0 Å². The Morgan fingerprint density at radius 3 is 2.36 bits per heavy atom. The van der Waals surface area contributed by atoms with E-state index in [4.69, 9.17) is 0 Å². The Morgan fingerprint density at radius 1 is 1.08 bits per heavy atom. The molecule has 2 aromatic rings. The molecule has 2 atom stereocenters. The molecule has 25 heavy (non-hydrogen) atoms. The lowest BCUT2D eigenvalue weighted by molar-refractivity contribution is -0.929. The van der Waals surface area contributed by atoms with Crippen LogP contribution in [-0.4, -0.2) is 18.5 Å². The number of carbonyl (C=O) groups is 1. The highest BCUT2D eigenvalue weighted by atomic mass is 19.4. The second-order valence-electron chi connectivity index (χ2n) is 6.39. The number of alkyl halides is 3. The average molecular weight is 349 g/mol. The van der Waals surface area contributed by atoms with E-state index in [9.17, 15) is 18.0 Å². The van der Waals surface area contributed by atoms with Crippen molar-refractivity contribution in [2.24, 2.45) is 0 Å². The first kappa shape index (κ1) is 17.5. The zero-order valence-corrected chi connectivity index (χ0v) is 13.9. The maximum Gasteiger partial charge on any atom is 0.416 e. The number of nitrogens with one attached hydrogen (secondary N) is 2. The Hall–Kier alpha value is -2.34. The van der Waals surface area contributed by atoms with Crippen LogP contribution in [0.1, 0.15) is 23.6 Å². The monoisotopic (exact) mass is 349 g/mol. The summed E-state index contributed by atoms with van der Waals surface area (Å²) >= 11 is 0. The number of hydrogen-bond acceptors (Lipinski definition) is 1. The number of benzene rings is 2. The summed E-state index contributed by atoms with van der Waals surface area (Å²) in [6.45, 7) is 3.49. The van der Waals surface area contributed by atoms with Gasteiger partial charge in [0.05, 0.1) is 12.1 Å². The smallest absolute Gasteiger partial charge is 0.321 e. The molecule has 1 aliphatic heterocycles. The molecule has 0 saturated heterocycles. The summed E-state index contributed by atoms with van der Waals surface area (Å²) in [5.74, 6) is -0.186. The first-order chi connectivity index (χ1) is 11.8. The third-order valence-corrected chi connectivity index (χ3v) is 4.74. The van der Waals surface area contributed by atoms with Crippen molar-refractivity contribution in [2.45, 2.75) is 32.1 Å². The maximum absolute atomic E-state index is 12.6. The van der Waals surface area contributed by atoms with E-state index in [-0.39, 0.29) is 11.9 Å². The Labute approximate surface area is 144 Å². The molecule has 0 bridgehead atoms. The van der Waals surface area contributed by atoms with Gasteiger partial charge in [0.15, 0.2) is 6.04 Å². The molecule has 3 nitrogen and oxygen atoms in total. The number of anilines is 1. The molecule has 0 fully saturated rings. The molecule has 1 amide bonds. The van der Waals surface area contributed by atoms with Gasteiger partial charge < -0.3 is 10.2 Å². The van der Waals surface area contributed by atoms with Crippen LogP contribution in [0.2, 0.25) is 0 Å². The van der Waals surface area contributed by atoms with Crippen molar-refractivity contribution in [1.82, 2.24) is 0 Å². The molecule has 6 heteroatoms. The van der Waals surface area contributed by atoms with Crippen molar-refractivity contribution in [1.29, 1.82) is 0 Å². The summed E-state index contributed by atoms with van der Waals surface area (Å²) in [6.07, 6.45) is -3.45. The van der Waals surface area contributed by atoms with Gasteiger partial charge in [-0.05, 0) is 36.8 Å². The predicted molar refractivity (Wildman–Crippen MR) is 89.2 cm³/mol. The van der Waals surface area contributed by atoms with E-state index >= 15 is 0 Å². The van der Waals surface area contributed by atoms with Crippen LogP contribution in [0.15, 0.2) is 48.5 Å². The fraction of sp³-hybridized carbons (Fsp3) is 0.316. The van der Waals surface area contributed by atoms with Crippen molar-refractivity contribution in [3.8, 4) is 0 Å². The molecule has 1 heterocycles. The topological polar surface area (TPSA) is 33.5 Å². The molecule has 3 rings (SSSR count). The molecule has 0 saturated carbocycles. The molecule has 0 spiro atoms. The summed E-state index contributed by atoms with van der Waals surface area (Å²) in [5, 5.41) is 2.71. The Bertz CT molecular complexity index is 756. The van der Waals surface area contributed by atoms with Gasteiger partial charge >= 0.3 is 6.18 Å². The van der Waals surface area contributed by atoms with Gasteiger partial charge in [-0.25, -0.2) is 0 Å². The molecule has 0 aliphatic carbocycles. The van der Waals surface area contributed by atoms with Crippen molar-refractivity contribution in [3.63, 3.8) is 0 Å². The minimum atomic E-state index is -4.37. The summed E-state index contributed by atoms with van der Waals surface area (Å²) < 4.78 is 37.8. The second-order valence-corrected chi connectivity index (χ2v) is 6.39. The summed E-state index contributed by atoms with van der Waals surface area (Å²) in [6, 6.07) is 12.4. The van der Waals surface area contributed by atoms with Crippen molar-refractivity contribution in [2.75, 3.05) is 11.9 Å². The predicted octanol–water partition coefficient (Wildman–Crippen LogP) is 2.67. The Morgan fingerprint density at radius 2 is 1.72 bits per heavy atom. The fourth-order valence-electron chi connectivity index (χ4n) is 3.15. The van der Waals surface area contributed by atoms with Crippen LogP contribution < -0.4 is 10.2 Å². The van der Waals surface area contributed by atoms with Crippen LogP contribution in [0.3, 0.4) is 0 Å². The third kappa shape index (κ3) is 4.02. The van der Waals surface area contributed by atoms with Gasteiger partial charge in [-0.2, -0.15) is 13.2 Å². The number of carbonyl (C=O) groups excluding carboxylic acids is 1. The molecule has 0 aromatic heterocycles. The molecule has 1 aliphatic rings. The van der Waals surface area contributed by atoms with Gasteiger partial charge in [0.2, 0.25) is 0 Å². The lowest BCUT2D eigenvalue weighted by Crippen LogP contribution is -3.16. The standard InChI is InChI=1S/C19H19F3N2O/c1-13(24-11-10-14-4-2-3-5-15(14)12-24)18(25)23-17-8-6-16(7-9-17)19(20,21)22/h2-9,13H,10-12H2,1H3,(H,23,25)/p+1/t13-/m1/s1. The molecular formula is C19H20F3N2O+. The number of amides is 1. The minimum absolute atomic E-state index is 0.186. The lowest BCUT2D eigenvalue weighted by atomic mass is 9.99. The van der Waals surface area contributed by atoms with Crippen LogP contribution in [-0.2, 0) is 23.9 Å². The van der Waals surface area contributed by atoms with E-state index in [1.807, 2.05) is 19.1 Å². The summed E-state index contributed by atoms with van der Waals surface area (Å²) in [7, 11) is 0. The van der Waals surface area contributed by atoms with Gasteiger partial charge in [-0.1, -0.05) is 24.3 Å². The Balaban J connectivity index is 1.63. The molecule has 0 radical (unpaired) electrons. The van der Waals surface area contributed by atoms with Crippen molar-refractivity contribution >= 4 is 11.6 Å². The SMILES string of the molecule is C[C@H](C(=O)Nc1ccc(C(F)(F)F)cc1)[NH+]1CCc2ccccc2C1. The number of rotatable bonds is 3. The molecule has 1 unspecified atom stereocenters. The molecule has 2 N–H and O–H groups in total. The van der Waals surface area contributed by atoms with E-state index in [1.54, 1.807) is 0 Å². The quantitative estimate of drug-likeness (QED) is 0.878. The van der Waals surface area contributed by atoms with Crippen LogP contribution in [0.4, 0.5) is 18.9 Å². The summed E-state index contributed by atoms with van der Waals surface area (Å²) in [4.78, 5) is 13.6. The van der Waals surface area contributed by atoms with Gasteiger partial charge in [-0.15, -0.1) is 0 Å². The highest BCUT2D eigenvalue weighted by Crippen LogP contribution is 2.29.